The van der Waals surface area contributed by atoms with Gasteiger partial charge in [-0.05, 0) is 26.0 Å². The maximum Gasteiger partial charge on any atom is 0.416 e. The molecule has 1 aromatic carbocycles. The standard InChI is InChI=1S/C13H14F3N3O/c1-8(2)19-11(7-20)17-18-12(19)9-4-3-5-10(6-9)13(14,15)16/h3-6,8,20H,7H2,1-2H3. The predicted octanol–water partition coefficient (Wildman–Crippen LogP) is 3.04. The van der Waals surface area contributed by atoms with Crippen LogP contribution in [-0.4, -0.2) is 19.9 Å². The lowest BCUT2D eigenvalue weighted by molar-refractivity contribution is -0.137. The number of halogens is 3. The van der Waals surface area contributed by atoms with Gasteiger partial charge in [0.05, 0.1) is 5.56 Å². The molecule has 1 N–H and O–H groups in total. The molecule has 0 radical (unpaired) electrons. The van der Waals surface area contributed by atoms with Crippen molar-refractivity contribution in [2.24, 2.45) is 0 Å². The van der Waals surface area contributed by atoms with Gasteiger partial charge in [0.2, 0.25) is 0 Å². The zero-order valence-corrected chi connectivity index (χ0v) is 11.0. The molecule has 7 heteroatoms. The lowest BCUT2D eigenvalue weighted by Gasteiger charge is -2.14. The molecule has 108 valence electrons. The summed E-state index contributed by atoms with van der Waals surface area (Å²) in [4.78, 5) is 0. The van der Waals surface area contributed by atoms with Crippen LogP contribution in [-0.2, 0) is 12.8 Å². The van der Waals surface area contributed by atoms with Gasteiger partial charge in [-0.25, -0.2) is 0 Å². The third-order valence-corrected chi connectivity index (χ3v) is 2.87. The van der Waals surface area contributed by atoms with E-state index in [0.29, 0.717) is 17.2 Å². The molecular formula is C13H14F3N3O. The van der Waals surface area contributed by atoms with Crippen LogP contribution in [0.15, 0.2) is 24.3 Å². The third-order valence-electron chi connectivity index (χ3n) is 2.87. The molecule has 4 nitrogen and oxygen atoms in total. The van der Waals surface area contributed by atoms with E-state index < -0.39 is 11.7 Å². The van der Waals surface area contributed by atoms with E-state index in [0.717, 1.165) is 12.1 Å². The van der Waals surface area contributed by atoms with Gasteiger partial charge in [-0.2, -0.15) is 13.2 Å². The van der Waals surface area contributed by atoms with Gasteiger partial charge in [0.25, 0.3) is 0 Å². The molecule has 0 aliphatic rings. The van der Waals surface area contributed by atoms with E-state index >= 15 is 0 Å². The molecule has 0 unspecified atom stereocenters. The van der Waals surface area contributed by atoms with Gasteiger partial charge in [0, 0.05) is 11.6 Å². The SMILES string of the molecule is CC(C)n1c(CO)nnc1-c1cccc(C(F)(F)F)c1. The van der Waals surface area contributed by atoms with Crippen molar-refractivity contribution in [3.63, 3.8) is 0 Å². The topological polar surface area (TPSA) is 50.9 Å². The number of nitrogens with zero attached hydrogens (tertiary/aromatic N) is 3. The average molecular weight is 285 g/mol. The highest BCUT2D eigenvalue weighted by atomic mass is 19.4. The third kappa shape index (κ3) is 2.67. The Morgan fingerprint density at radius 3 is 2.50 bits per heavy atom. The first-order chi connectivity index (χ1) is 9.34. The molecular weight excluding hydrogens is 271 g/mol. The van der Waals surface area contributed by atoms with Crippen LogP contribution in [0, 0.1) is 0 Å². The van der Waals surface area contributed by atoms with Crippen LogP contribution in [0.5, 0.6) is 0 Å². The molecule has 2 rings (SSSR count). The fourth-order valence-corrected chi connectivity index (χ4v) is 2.01. The number of hydrogen-bond acceptors (Lipinski definition) is 3. The summed E-state index contributed by atoms with van der Waals surface area (Å²) in [5.41, 5.74) is -0.417. The molecule has 0 saturated heterocycles. The molecule has 20 heavy (non-hydrogen) atoms. The van der Waals surface area contributed by atoms with Gasteiger partial charge in [-0.3, -0.25) is 0 Å². The highest BCUT2D eigenvalue weighted by Crippen LogP contribution is 2.32. The Kier molecular flexibility index (Phi) is 3.80. The van der Waals surface area contributed by atoms with Crippen LogP contribution in [0.4, 0.5) is 13.2 Å². The second-order valence-electron chi connectivity index (χ2n) is 4.64. The Morgan fingerprint density at radius 2 is 1.95 bits per heavy atom. The van der Waals surface area contributed by atoms with Crippen LogP contribution >= 0.6 is 0 Å². The quantitative estimate of drug-likeness (QED) is 0.943. The van der Waals surface area contributed by atoms with Gasteiger partial charge in [0.1, 0.15) is 6.61 Å². The number of hydrogen-bond donors (Lipinski definition) is 1. The van der Waals surface area contributed by atoms with Gasteiger partial charge in [-0.15, -0.1) is 10.2 Å². The second kappa shape index (κ2) is 5.24. The lowest BCUT2D eigenvalue weighted by Crippen LogP contribution is -2.09. The summed E-state index contributed by atoms with van der Waals surface area (Å²) >= 11 is 0. The molecule has 0 fully saturated rings. The van der Waals surface area contributed by atoms with Crippen LogP contribution in [0.2, 0.25) is 0 Å². The summed E-state index contributed by atoms with van der Waals surface area (Å²) in [6.45, 7) is 3.38. The maximum absolute atomic E-state index is 12.7. The summed E-state index contributed by atoms with van der Waals surface area (Å²) in [5.74, 6) is 0.641. The molecule has 0 aliphatic carbocycles. The first-order valence-corrected chi connectivity index (χ1v) is 6.07. The zero-order chi connectivity index (χ0) is 14.9. The predicted molar refractivity (Wildman–Crippen MR) is 66.8 cm³/mol. The number of aromatic nitrogens is 3. The van der Waals surface area contributed by atoms with Crippen LogP contribution < -0.4 is 0 Å². The fourth-order valence-electron chi connectivity index (χ4n) is 2.01. The highest BCUT2D eigenvalue weighted by molar-refractivity contribution is 5.57. The van der Waals surface area contributed by atoms with E-state index in [1.807, 2.05) is 13.8 Å². The van der Waals surface area contributed by atoms with E-state index in [2.05, 4.69) is 10.2 Å². The maximum atomic E-state index is 12.7. The molecule has 0 atom stereocenters. The van der Waals surface area contributed by atoms with Gasteiger partial charge in [-0.1, -0.05) is 12.1 Å². The fraction of sp³-hybridized carbons (Fsp3) is 0.385. The van der Waals surface area contributed by atoms with Crippen molar-refractivity contribution in [1.29, 1.82) is 0 Å². The second-order valence-corrected chi connectivity index (χ2v) is 4.64. The summed E-state index contributed by atoms with van der Waals surface area (Å²) in [5, 5.41) is 16.9. The summed E-state index contributed by atoms with van der Waals surface area (Å²) in [7, 11) is 0. The van der Waals surface area contributed by atoms with Crippen molar-refractivity contribution < 1.29 is 18.3 Å². The number of rotatable bonds is 3. The van der Waals surface area contributed by atoms with Gasteiger partial charge >= 0.3 is 6.18 Å². The van der Waals surface area contributed by atoms with Crippen molar-refractivity contribution >= 4 is 0 Å². The monoisotopic (exact) mass is 285 g/mol. The normalized spacial score (nSPS) is 12.2. The zero-order valence-electron chi connectivity index (χ0n) is 11.0. The highest BCUT2D eigenvalue weighted by Gasteiger charge is 2.31. The Labute approximate surface area is 113 Å². The molecule has 0 aliphatic heterocycles. The summed E-state index contributed by atoms with van der Waals surface area (Å²) in [6.07, 6.45) is -4.40. The van der Waals surface area contributed by atoms with Crippen LogP contribution in [0.3, 0.4) is 0 Å². The number of aliphatic hydroxyl groups is 1. The molecule has 1 heterocycles. The number of aliphatic hydroxyl groups excluding tert-OH is 1. The van der Waals surface area contributed by atoms with E-state index in [1.54, 1.807) is 10.6 Å². The summed E-state index contributed by atoms with van der Waals surface area (Å²) < 4.78 is 39.8. The number of alkyl halides is 3. The molecule has 0 spiro atoms. The van der Waals surface area contributed by atoms with Crippen LogP contribution in [0.25, 0.3) is 11.4 Å². The minimum Gasteiger partial charge on any atom is -0.388 e. The van der Waals surface area contributed by atoms with Crippen molar-refractivity contribution in [2.75, 3.05) is 0 Å². The average Bonchev–Trinajstić information content (AvgIpc) is 2.81. The largest absolute Gasteiger partial charge is 0.416 e. The minimum absolute atomic E-state index is 0.0725. The molecule has 0 bridgehead atoms. The Balaban J connectivity index is 2.55. The first-order valence-electron chi connectivity index (χ1n) is 6.07. The Morgan fingerprint density at radius 1 is 1.25 bits per heavy atom. The first kappa shape index (κ1) is 14.5. The van der Waals surface area contributed by atoms with Crippen molar-refractivity contribution in [3.05, 3.63) is 35.7 Å². The molecule has 2 aromatic rings. The number of benzene rings is 1. The minimum atomic E-state index is -4.40. The van der Waals surface area contributed by atoms with Gasteiger partial charge in [0.15, 0.2) is 11.6 Å². The van der Waals surface area contributed by atoms with E-state index in [1.165, 1.54) is 6.07 Å². The smallest absolute Gasteiger partial charge is 0.388 e. The van der Waals surface area contributed by atoms with E-state index in [-0.39, 0.29) is 12.6 Å². The summed E-state index contributed by atoms with van der Waals surface area (Å²) in [6, 6.07) is 4.84. The molecule has 0 saturated carbocycles. The van der Waals surface area contributed by atoms with Crippen molar-refractivity contribution in [3.8, 4) is 11.4 Å². The lowest BCUT2D eigenvalue weighted by atomic mass is 10.1. The van der Waals surface area contributed by atoms with E-state index in [9.17, 15) is 18.3 Å². The van der Waals surface area contributed by atoms with Crippen LogP contribution in [0.1, 0.15) is 31.3 Å². The van der Waals surface area contributed by atoms with Crippen molar-refractivity contribution in [1.82, 2.24) is 14.8 Å². The Hall–Kier alpha value is -1.89. The van der Waals surface area contributed by atoms with Gasteiger partial charge < -0.3 is 9.67 Å². The molecule has 0 amide bonds. The van der Waals surface area contributed by atoms with E-state index in [4.69, 9.17) is 0 Å². The van der Waals surface area contributed by atoms with Crippen molar-refractivity contribution in [2.45, 2.75) is 32.7 Å². The molecule has 1 aromatic heterocycles. The Bertz CT molecular complexity index is 605.